The van der Waals surface area contributed by atoms with Crippen LogP contribution in [0.4, 0.5) is 5.13 Å². The Labute approximate surface area is 168 Å². The van der Waals surface area contributed by atoms with Crippen molar-refractivity contribution in [2.24, 2.45) is 5.10 Å². The monoisotopic (exact) mass is 396 g/mol. The number of carbonyl (C=O) groups excluding carboxylic acids is 1. The number of para-hydroxylation sites is 1. The number of hydrogen-bond acceptors (Lipinski definition) is 6. The molecule has 1 heterocycles. The molecule has 0 bridgehead atoms. The van der Waals surface area contributed by atoms with E-state index in [1.807, 2.05) is 69.3 Å². The smallest absolute Gasteiger partial charge is 0.260 e. The first-order valence-corrected chi connectivity index (χ1v) is 10.1. The molecule has 3 rings (SSSR count). The van der Waals surface area contributed by atoms with Gasteiger partial charge in [-0.3, -0.25) is 10.2 Å². The van der Waals surface area contributed by atoms with Crippen molar-refractivity contribution in [2.75, 3.05) is 25.1 Å². The van der Waals surface area contributed by atoms with Crippen LogP contribution in [0.5, 0.6) is 5.75 Å². The minimum absolute atomic E-state index is 0.00754. The van der Waals surface area contributed by atoms with Crippen LogP contribution in [-0.4, -0.2) is 41.2 Å². The molecule has 3 aromatic rings. The minimum atomic E-state index is -0.00754. The number of amides is 1. The van der Waals surface area contributed by atoms with E-state index >= 15 is 0 Å². The van der Waals surface area contributed by atoms with Crippen molar-refractivity contribution in [3.8, 4) is 5.75 Å². The summed E-state index contributed by atoms with van der Waals surface area (Å²) in [5, 5.41) is 5.18. The highest BCUT2D eigenvalue weighted by Crippen LogP contribution is 2.25. The van der Waals surface area contributed by atoms with Crippen LogP contribution in [0, 0.1) is 0 Å². The Morgan fingerprint density at radius 2 is 1.86 bits per heavy atom. The van der Waals surface area contributed by atoms with Crippen LogP contribution in [0.2, 0.25) is 0 Å². The van der Waals surface area contributed by atoms with E-state index in [-0.39, 0.29) is 12.5 Å². The number of hydrogen-bond donors (Lipinski definition) is 1. The maximum Gasteiger partial charge on any atom is 0.260 e. The highest BCUT2D eigenvalue weighted by molar-refractivity contribution is 7.22. The number of rotatable bonds is 8. The Kier molecular flexibility index (Phi) is 6.60. The Morgan fingerprint density at radius 3 is 2.54 bits per heavy atom. The average molecular weight is 397 g/mol. The number of carbonyl (C=O) groups is 1. The van der Waals surface area contributed by atoms with Gasteiger partial charge in [0.15, 0.2) is 6.61 Å². The molecular weight excluding hydrogens is 372 g/mol. The maximum atomic E-state index is 12.0. The van der Waals surface area contributed by atoms with E-state index in [1.54, 1.807) is 16.2 Å². The molecule has 0 saturated heterocycles. The molecule has 0 unspecified atom stereocenters. The van der Waals surface area contributed by atoms with Crippen molar-refractivity contribution < 1.29 is 9.53 Å². The zero-order chi connectivity index (χ0) is 19.9. The average Bonchev–Trinajstić information content (AvgIpc) is 3.15. The van der Waals surface area contributed by atoms with Crippen LogP contribution in [0.25, 0.3) is 10.2 Å². The van der Waals surface area contributed by atoms with Crippen molar-refractivity contribution in [1.29, 1.82) is 0 Å². The Balaban J connectivity index is 1.59. The fraction of sp³-hybridized carbons (Fsp3) is 0.286. The topological polar surface area (TPSA) is 66.8 Å². The number of nitrogens with one attached hydrogen (secondary N) is 1. The van der Waals surface area contributed by atoms with Crippen LogP contribution in [-0.2, 0) is 4.79 Å². The van der Waals surface area contributed by atoms with Gasteiger partial charge in [-0.05, 0) is 62.7 Å². The third kappa shape index (κ3) is 4.86. The first-order valence-electron chi connectivity index (χ1n) is 9.27. The lowest BCUT2D eigenvalue weighted by Gasteiger charge is -2.18. The molecule has 0 aliphatic heterocycles. The second-order valence-electron chi connectivity index (χ2n) is 6.17. The lowest BCUT2D eigenvalue weighted by Crippen LogP contribution is -2.34. The predicted octanol–water partition coefficient (Wildman–Crippen LogP) is 4.38. The van der Waals surface area contributed by atoms with Crippen molar-refractivity contribution >= 4 is 38.3 Å². The summed E-state index contributed by atoms with van der Waals surface area (Å²) in [6, 6.07) is 15.5. The first-order chi connectivity index (χ1) is 13.6. The second kappa shape index (κ2) is 9.32. The van der Waals surface area contributed by atoms with Gasteiger partial charge in [0.1, 0.15) is 5.75 Å². The Morgan fingerprint density at radius 1 is 1.14 bits per heavy atom. The molecule has 6 nitrogen and oxygen atoms in total. The molecule has 2 aromatic carbocycles. The largest absolute Gasteiger partial charge is 0.484 e. The number of aromatic nitrogens is 1. The molecule has 0 aliphatic rings. The van der Waals surface area contributed by atoms with Crippen molar-refractivity contribution in [3.05, 3.63) is 54.1 Å². The standard InChI is InChI=1S/C21H24N4O2S/c1-4-25(5-2)20(26)14-27-17-12-10-16(11-13-17)15(3)23-24-21-22-18-8-6-7-9-19(18)28-21/h6-13H,4-5,14H2,1-3H3,(H,22,24)/b23-15-. The number of fused-ring (bicyclic) bond motifs is 1. The van der Waals surface area contributed by atoms with Crippen LogP contribution in [0.1, 0.15) is 26.3 Å². The zero-order valence-electron chi connectivity index (χ0n) is 16.3. The van der Waals surface area contributed by atoms with E-state index in [1.165, 1.54) is 0 Å². The molecule has 0 spiro atoms. The SMILES string of the molecule is CCN(CC)C(=O)COc1ccc(/C(C)=N\Nc2nc3ccccc3s2)cc1. The van der Waals surface area contributed by atoms with Gasteiger partial charge in [0.05, 0.1) is 15.9 Å². The summed E-state index contributed by atoms with van der Waals surface area (Å²) < 4.78 is 6.72. The molecule has 0 atom stereocenters. The lowest BCUT2D eigenvalue weighted by atomic mass is 10.1. The van der Waals surface area contributed by atoms with E-state index in [9.17, 15) is 4.79 Å². The fourth-order valence-corrected chi connectivity index (χ4v) is 3.53. The number of likely N-dealkylation sites (N-methyl/N-ethyl adjacent to an activating group) is 1. The summed E-state index contributed by atoms with van der Waals surface area (Å²) in [4.78, 5) is 18.3. The molecule has 0 radical (unpaired) electrons. The van der Waals surface area contributed by atoms with Gasteiger partial charge in [-0.1, -0.05) is 23.5 Å². The van der Waals surface area contributed by atoms with Gasteiger partial charge in [0.2, 0.25) is 5.13 Å². The number of anilines is 1. The maximum absolute atomic E-state index is 12.0. The van der Waals surface area contributed by atoms with Crippen molar-refractivity contribution in [3.63, 3.8) is 0 Å². The van der Waals surface area contributed by atoms with Crippen molar-refractivity contribution in [1.82, 2.24) is 9.88 Å². The second-order valence-corrected chi connectivity index (χ2v) is 7.21. The Bertz CT molecular complexity index is 929. The van der Waals surface area contributed by atoms with Gasteiger partial charge in [-0.25, -0.2) is 4.98 Å². The molecule has 1 amide bonds. The molecule has 0 saturated carbocycles. The van der Waals surface area contributed by atoms with Gasteiger partial charge in [0, 0.05) is 13.1 Å². The molecule has 0 aliphatic carbocycles. The molecule has 0 fully saturated rings. The number of hydrazone groups is 1. The van der Waals surface area contributed by atoms with E-state index < -0.39 is 0 Å². The normalized spacial score (nSPS) is 11.5. The summed E-state index contributed by atoms with van der Waals surface area (Å²) in [5.41, 5.74) is 5.79. The van der Waals surface area contributed by atoms with E-state index in [2.05, 4.69) is 15.5 Å². The molecule has 28 heavy (non-hydrogen) atoms. The number of thiazole rings is 1. The summed E-state index contributed by atoms with van der Waals surface area (Å²) >= 11 is 1.57. The van der Waals surface area contributed by atoms with E-state index in [0.29, 0.717) is 18.8 Å². The third-order valence-corrected chi connectivity index (χ3v) is 5.30. The van der Waals surface area contributed by atoms with Gasteiger partial charge < -0.3 is 9.64 Å². The molecule has 1 N–H and O–H groups in total. The van der Waals surface area contributed by atoms with Crippen LogP contribution in [0.3, 0.4) is 0 Å². The van der Waals surface area contributed by atoms with Crippen LogP contribution in [0.15, 0.2) is 53.6 Å². The molecule has 7 heteroatoms. The third-order valence-electron chi connectivity index (χ3n) is 4.36. The number of benzene rings is 2. The quantitative estimate of drug-likeness (QED) is 0.453. The van der Waals surface area contributed by atoms with Crippen molar-refractivity contribution in [2.45, 2.75) is 20.8 Å². The summed E-state index contributed by atoms with van der Waals surface area (Å²) in [5.74, 6) is 0.656. The highest BCUT2D eigenvalue weighted by Gasteiger charge is 2.10. The first kappa shape index (κ1) is 19.8. The Hall–Kier alpha value is -2.93. The highest BCUT2D eigenvalue weighted by atomic mass is 32.1. The number of ether oxygens (including phenoxy) is 1. The molecular formula is C21H24N4O2S. The van der Waals surface area contributed by atoms with Gasteiger partial charge in [-0.2, -0.15) is 5.10 Å². The molecule has 1 aromatic heterocycles. The summed E-state index contributed by atoms with van der Waals surface area (Å²) in [7, 11) is 0. The minimum Gasteiger partial charge on any atom is -0.484 e. The van der Waals surface area contributed by atoms with Crippen LogP contribution < -0.4 is 10.2 Å². The van der Waals surface area contributed by atoms with E-state index in [0.717, 1.165) is 26.6 Å². The van der Waals surface area contributed by atoms with Gasteiger partial charge >= 0.3 is 0 Å². The van der Waals surface area contributed by atoms with Gasteiger partial charge in [0.25, 0.3) is 5.91 Å². The lowest BCUT2D eigenvalue weighted by molar-refractivity contribution is -0.132. The number of nitrogens with zero attached hydrogens (tertiary/aromatic N) is 3. The summed E-state index contributed by atoms with van der Waals surface area (Å²) in [6.45, 7) is 7.28. The molecule has 146 valence electrons. The fourth-order valence-electron chi connectivity index (χ4n) is 2.72. The van der Waals surface area contributed by atoms with E-state index in [4.69, 9.17) is 4.74 Å². The van der Waals surface area contributed by atoms with Gasteiger partial charge in [-0.15, -0.1) is 0 Å². The predicted molar refractivity (Wildman–Crippen MR) is 115 cm³/mol. The summed E-state index contributed by atoms with van der Waals surface area (Å²) in [6.07, 6.45) is 0. The zero-order valence-corrected chi connectivity index (χ0v) is 17.1. The van der Waals surface area contributed by atoms with Crippen LogP contribution >= 0.6 is 11.3 Å².